The maximum atomic E-state index is 14.0. The molecule has 3 fully saturated rings. The van der Waals surface area contributed by atoms with Crippen LogP contribution in [0.25, 0.3) is 21.7 Å². The molecule has 2 amide bonds. The van der Waals surface area contributed by atoms with Gasteiger partial charge in [0.25, 0.3) is 0 Å². The zero-order valence-corrected chi connectivity index (χ0v) is 26.4. The fourth-order valence-corrected chi connectivity index (χ4v) is 7.91. The highest BCUT2D eigenvalue weighted by atomic mass is 32.2. The molecule has 3 heterocycles. The second-order valence-corrected chi connectivity index (χ2v) is 15.9. The van der Waals surface area contributed by atoms with Gasteiger partial charge in [-0.25, -0.2) is 13.4 Å². The summed E-state index contributed by atoms with van der Waals surface area (Å²) in [5.41, 5.74) is -0.952. The van der Waals surface area contributed by atoms with Crippen LogP contribution < -0.4 is 10.1 Å². The predicted molar refractivity (Wildman–Crippen MR) is 166 cm³/mol. The van der Waals surface area contributed by atoms with Crippen LogP contribution in [-0.2, 0) is 24.2 Å². The van der Waals surface area contributed by atoms with Crippen molar-refractivity contribution in [1.82, 2.24) is 15.2 Å². The molecule has 11 heteroatoms. The number of furan rings is 1. The molecule has 0 radical (unpaired) electrons. The van der Waals surface area contributed by atoms with Gasteiger partial charge in [0, 0.05) is 35.2 Å². The van der Waals surface area contributed by atoms with Gasteiger partial charge in [-0.05, 0) is 54.3 Å². The average molecular weight is 622 g/mol. The summed E-state index contributed by atoms with van der Waals surface area (Å²) >= 11 is 0. The van der Waals surface area contributed by atoms with Gasteiger partial charge in [-0.15, -0.1) is 6.58 Å². The number of carbonyl (C=O) groups is 3. The normalized spacial score (nSPS) is 26.0. The fraction of sp³-hybridized carbons (Fsp3) is 0.515. The number of carbonyl (C=O) groups excluding carboxylic acids is 3. The van der Waals surface area contributed by atoms with Crippen LogP contribution in [0, 0.1) is 17.3 Å². The molecular formula is C33H39N3O7S. The Balaban J connectivity index is 1.27. The van der Waals surface area contributed by atoms with Gasteiger partial charge >= 0.3 is 0 Å². The van der Waals surface area contributed by atoms with Crippen LogP contribution in [0.5, 0.6) is 5.88 Å². The van der Waals surface area contributed by atoms with Crippen LogP contribution in [0.2, 0.25) is 0 Å². The maximum Gasteiger partial charge on any atom is 0.243 e. The summed E-state index contributed by atoms with van der Waals surface area (Å²) in [6.07, 6.45) is 5.90. The van der Waals surface area contributed by atoms with Crippen molar-refractivity contribution in [2.24, 2.45) is 17.3 Å². The molecule has 5 atom stereocenters. The number of rotatable bonds is 10. The minimum absolute atomic E-state index is 0.158. The molecule has 3 aliphatic rings. The maximum absolute atomic E-state index is 14.0. The van der Waals surface area contributed by atoms with Crippen molar-refractivity contribution in [2.75, 3.05) is 12.3 Å². The van der Waals surface area contributed by atoms with Crippen LogP contribution in [0.4, 0.5) is 0 Å². The summed E-state index contributed by atoms with van der Waals surface area (Å²) in [6.45, 7) is 11.7. The number of Topliss-reactive ketones (excluding diaryl/α,β-unsaturated/α-hetero) is 1. The first-order valence-electron chi connectivity index (χ1n) is 15.2. The zero-order chi connectivity index (χ0) is 31.6. The average Bonchev–Trinajstić information content (AvgIpc) is 3.85. The highest BCUT2D eigenvalue weighted by Gasteiger charge is 2.61. The highest BCUT2D eigenvalue weighted by molar-refractivity contribution is 7.93. The molecule has 2 saturated carbocycles. The summed E-state index contributed by atoms with van der Waals surface area (Å²) in [4.78, 5) is 47.2. The molecule has 0 bridgehead atoms. The predicted octanol–water partition coefficient (Wildman–Crippen LogP) is 4.22. The van der Waals surface area contributed by atoms with Crippen LogP contribution in [0.3, 0.4) is 0 Å². The molecule has 0 unspecified atom stereocenters. The Kier molecular flexibility index (Phi) is 7.38. The molecule has 3 aromatic rings. The molecular weight excluding hydrogens is 582 g/mol. The van der Waals surface area contributed by atoms with E-state index in [-0.39, 0.29) is 36.6 Å². The van der Waals surface area contributed by atoms with Gasteiger partial charge in [-0.3, -0.25) is 14.4 Å². The number of likely N-dealkylation sites (tertiary alicyclic amines) is 1. The van der Waals surface area contributed by atoms with Crippen LogP contribution >= 0.6 is 0 Å². The Morgan fingerprint density at radius 1 is 1.18 bits per heavy atom. The molecule has 234 valence electrons. The first kappa shape index (κ1) is 30.3. The van der Waals surface area contributed by atoms with E-state index in [1.807, 2.05) is 52.0 Å². The van der Waals surface area contributed by atoms with Gasteiger partial charge in [0.15, 0.2) is 15.6 Å². The lowest BCUT2D eigenvalue weighted by Crippen LogP contribution is -2.55. The number of aromatic nitrogens is 1. The third-order valence-electron chi connectivity index (χ3n) is 9.64. The van der Waals surface area contributed by atoms with E-state index in [1.54, 1.807) is 23.4 Å². The number of benzene rings is 1. The Hall–Kier alpha value is -3.73. The van der Waals surface area contributed by atoms with Crippen LogP contribution in [0.15, 0.2) is 53.8 Å². The zero-order valence-electron chi connectivity index (χ0n) is 25.5. The molecule has 2 aliphatic carbocycles. The Morgan fingerprint density at radius 3 is 2.59 bits per heavy atom. The smallest absolute Gasteiger partial charge is 0.243 e. The van der Waals surface area contributed by atoms with Gasteiger partial charge in [0.2, 0.25) is 17.7 Å². The van der Waals surface area contributed by atoms with Gasteiger partial charge in [0.05, 0.1) is 18.1 Å². The Bertz CT molecular complexity index is 1770. The summed E-state index contributed by atoms with van der Waals surface area (Å²) < 4.78 is 37.2. The Labute approximate surface area is 257 Å². The SMILES string of the molecule is C=C[C@@H]1C[C@]1(NC(=O)[C@@H]1C[C@@H](Oc2nccc3c2ccc2occc23)CN1C(=O)[C@@H](C)C(C)(C)C)C(=O)CS(=O)(=O)C1CC1. The molecule has 44 heavy (non-hydrogen) atoms. The minimum Gasteiger partial charge on any atom is -0.472 e. The standard InChI is InChI=1S/C33H39N3O7S/c1-6-20-16-33(20,28(37)18-44(40,41)22-7-8-22)35-29(38)26-15-21(17-36(26)31(39)19(2)32(3,4)5)43-30-25-9-10-27-24(12-14-42-27)23(25)11-13-34-30/h6,9-14,19-22,26H,1,7-8,15-18H2,2-5H3,(H,35,38)/t19-,20-,21-,26+,33-/m1/s1. The molecule has 1 aliphatic heterocycles. The van der Waals surface area contributed by atoms with Crippen LogP contribution in [0.1, 0.15) is 53.4 Å². The molecule has 10 nitrogen and oxygen atoms in total. The van der Waals surface area contributed by atoms with Crippen molar-refractivity contribution in [3.8, 4) is 5.88 Å². The molecule has 1 aromatic carbocycles. The van der Waals surface area contributed by atoms with Gasteiger partial charge < -0.3 is 19.4 Å². The van der Waals surface area contributed by atoms with Crippen molar-refractivity contribution < 1.29 is 32.0 Å². The number of amides is 2. The molecule has 1 N–H and O–H groups in total. The number of ether oxygens (including phenoxy) is 1. The van der Waals surface area contributed by atoms with E-state index in [2.05, 4.69) is 16.9 Å². The topological polar surface area (TPSA) is 136 Å². The largest absolute Gasteiger partial charge is 0.472 e. The van der Waals surface area contributed by atoms with Crippen molar-refractivity contribution in [3.63, 3.8) is 0 Å². The summed E-state index contributed by atoms with van der Waals surface area (Å²) in [7, 11) is -3.57. The second kappa shape index (κ2) is 10.7. The van der Waals surface area contributed by atoms with Crippen molar-refractivity contribution in [2.45, 2.75) is 76.3 Å². The van der Waals surface area contributed by atoms with Crippen molar-refractivity contribution >= 4 is 49.2 Å². The van der Waals surface area contributed by atoms with E-state index in [0.717, 1.165) is 21.7 Å². The number of hydrogen-bond donors (Lipinski definition) is 1. The number of nitrogens with zero attached hydrogens (tertiary/aromatic N) is 2. The first-order valence-corrected chi connectivity index (χ1v) is 16.9. The second-order valence-electron chi connectivity index (χ2n) is 13.6. The number of nitrogens with one attached hydrogen (secondary N) is 1. The van der Waals surface area contributed by atoms with E-state index >= 15 is 0 Å². The Morgan fingerprint density at radius 2 is 1.93 bits per heavy atom. The monoisotopic (exact) mass is 621 g/mol. The van der Waals surface area contributed by atoms with Crippen molar-refractivity contribution in [1.29, 1.82) is 0 Å². The highest BCUT2D eigenvalue weighted by Crippen LogP contribution is 2.46. The number of fused-ring (bicyclic) bond motifs is 3. The van der Waals surface area contributed by atoms with E-state index < -0.39 is 56.1 Å². The van der Waals surface area contributed by atoms with E-state index in [9.17, 15) is 22.8 Å². The van der Waals surface area contributed by atoms with Crippen LogP contribution in [-0.4, -0.2) is 71.1 Å². The van der Waals surface area contributed by atoms with E-state index in [4.69, 9.17) is 9.15 Å². The number of sulfone groups is 1. The summed E-state index contributed by atoms with van der Waals surface area (Å²) in [5, 5.41) is 5.02. The summed E-state index contributed by atoms with van der Waals surface area (Å²) in [6, 6.07) is 6.58. The van der Waals surface area contributed by atoms with Gasteiger partial charge in [-0.2, -0.15) is 0 Å². The quantitative estimate of drug-likeness (QED) is 0.333. The third kappa shape index (κ3) is 5.39. The molecule has 0 spiro atoms. The van der Waals surface area contributed by atoms with Gasteiger partial charge in [0.1, 0.15) is 29.0 Å². The lowest BCUT2D eigenvalue weighted by atomic mass is 9.81. The molecule has 6 rings (SSSR count). The first-order chi connectivity index (χ1) is 20.7. The lowest BCUT2D eigenvalue weighted by Gasteiger charge is -2.33. The molecule has 1 saturated heterocycles. The summed E-state index contributed by atoms with van der Waals surface area (Å²) in [5.74, 6) is -2.22. The number of pyridine rings is 1. The lowest BCUT2D eigenvalue weighted by molar-refractivity contribution is -0.144. The number of ketones is 1. The van der Waals surface area contributed by atoms with E-state index in [0.29, 0.717) is 18.7 Å². The third-order valence-corrected chi connectivity index (χ3v) is 11.8. The fourth-order valence-electron chi connectivity index (χ4n) is 6.19. The minimum atomic E-state index is -3.57. The van der Waals surface area contributed by atoms with Crippen molar-refractivity contribution in [3.05, 3.63) is 49.4 Å². The number of hydrogen-bond acceptors (Lipinski definition) is 8. The van der Waals surface area contributed by atoms with Gasteiger partial charge in [-0.1, -0.05) is 33.8 Å². The van der Waals surface area contributed by atoms with E-state index in [1.165, 1.54) is 0 Å². The molecule has 2 aromatic heterocycles.